The summed E-state index contributed by atoms with van der Waals surface area (Å²) >= 11 is 0. The van der Waals surface area contributed by atoms with Gasteiger partial charge in [0.15, 0.2) is 0 Å². The molecule has 0 heterocycles. The van der Waals surface area contributed by atoms with Crippen LogP contribution in [0.2, 0.25) is 0 Å². The van der Waals surface area contributed by atoms with Gasteiger partial charge in [0.1, 0.15) is 0 Å². The van der Waals surface area contributed by atoms with Gasteiger partial charge in [-0.05, 0) is 56.4 Å². The zero-order valence-electron chi connectivity index (χ0n) is 14.9. The van der Waals surface area contributed by atoms with Crippen LogP contribution >= 0.6 is 0 Å². The van der Waals surface area contributed by atoms with E-state index in [1.54, 1.807) is 0 Å². The van der Waals surface area contributed by atoms with Gasteiger partial charge < -0.3 is 10.6 Å². The Labute approximate surface area is 135 Å². The highest BCUT2D eigenvalue weighted by atomic mass is 16.1. The monoisotopic (exact) mass is 304 g/mol. The summed E-state index contributed by atoms with van der Waals surface area (Å²) in [6.45, 7) is 13.6. The Morgan fingerprint density at radius 2 is 1.73 bits per heavy atom. The minimum absolute atomic E-state index is 0.240. The van der Waals surface area contributed by atoms with Crippen molar-refractivity contribution in [1.82, 2.24) is 4.90 Å². The van der Waals surface area contributed by atoms with Crippen molar-refractivity contribution in [2.45, 2.75) is 52.9 Å². The maximum atomic E-state index is 12.1. The highest BCUT2D eigenvalue weighted by Crippen LogP contribution is 2.28. The fourth-order valence-electron chi connectivity index (χ4n) is 2.81. The predicted molar refractivity (Wildman–Crippen MR) is 93.9 cm³/mol. The Kier molecular flexibility index (Phi) is 7.08. The smallest absolute Gasteiger partial charge is 0.227 e. The van der Waals surface area contributed by atoms with Crippen molar-refractivity contribution in [2.75, 3.05) is 19.6 Å². The van der Waals surface area contributed by atoms with Gasteiger partial charge in [0.25, 0.3) is 0 Å². The van der Waals surface area contributed by atoms with E-state index >= 15 is 0 Å². The van der Waals surface area contributed by atoms with E-state index < -0.39 is 5.41 Å². The van der Waals surface area contributed by atoms with Crippen molar-refractivity contribution in [1.29, 1.82) is 0 Å². The molecule has 2 N–H and O–H groups in total. The van der Waals surface area contributed by atoms with Crippen molar-refractivity contribution in [2.24, 2.45) is 11.7 Å². The number of carbonyl (C=O) groups excluding carboxylic acids is 1. The van der Waals surface area contributed by atoms with Crippen LogP contribution in [0.4, 0.5) is 0 Å². The van der Waals surface area contributed by atoms with Gasteiger partial charge in [-0.1, -0.05) is 52.0 Å². The van der Waals surface area contributed by atoms with Crippen LogP contribution in [0.5, 0.6) is 0 Å². The van der Waals surface area contributed by atoms with Crippen molar-refractivity contribution in [3.05, 3.63) is 35.4 Å². The second kappa shape index (κ2) is 8.33. The molecular formula is C19H32N2O. The minimum atomic E-state index is -0.598. The molecule has 1 unspecified atom stereocenters. The normalized spacial score (nSPS) is 14.3. The third-order valence-corrected chi connectivity index (χ3v) is 4.60. The fraction of sp³-hybridized carbons (Fsp3) is 0.632. The molecule has 0 saturated carbocycles. The highest BCUT2D eigenvalue weighted by molar-refractivity contribution is 5.86. The van der Waals surface area contributed by atoms with Gasteiger partial charge in [-0.2, -0.15) is 0 Å². The third kappa shape index (κ3) is 4.84. The molecule has 0 fully saturated rings. The number of hydrogen-bond acceptors (Lipinski definition) is 2. The zero-order chi connectivity index (χ0) is 16.8. The zero-order valence-corrected chi connectivity index (χ0v) is 14.9. The van der Waals surface area contributed by atoms with Crippen LogP contribution in [0.3, 0.4) is 0 Å². The van der Waals surface area contributed by atoms with E-state index in [4.69, 9.17) is 5.73 Å². The summed E-state index contributed by atoms with van der Waals surface area (Å²) < 4.78 is 0. The van der Waals surface area contributed by atoms with Crippen LogP contribution in [0.1, 0.15) is 52.2 Å². The van der Waals surface area contributed by atoms with Gasteiger partial charge >= 0.3 is 0 Å². The topological polar surface area (TPSA) is 46.3 Å². The highest BCUT2D eigenvalue weighted by Gasteiger charge is 2.33. The first kappa shape index (κ1) is 18.7. The minimum Gasteiger partial charge on any atom is -0.369 e. The van der Waals surface area contributed by atoms with Gasteiger partial charge in [0.05, 0.1) is 5.41 Å². The summed E-state index contributed by atoms with van der Waals surface area (Å²) in [6.07, 6.45) is 1.82. The number of nitrogens with two attached hydrogens (primary N) is 1. The maximum absolute atomic E-state index is 12.1. The number of amides is 1. The number of nitrogens with zero attached hydrogens (tertiary/aromatic N) is 1. The first-order chi connectivity index (χ1) is 10.3. The summed E-state index contributed by atoms with van der Waals surface area (Å²) in [5.74, 6) is 0.396. The summed E-state index contributed by atoms with van der Waals surface area (Å²) in [5, 5.41) is 0. The van der Waals surface area contributed by atoms with Crippen LogP contribution in [0, 0.1) is 5.92 Å². The number of rotatable bonds is 9. The standard InChI is InChI=1S/C19H32N2O/c1-6-21(7-2)13-12-19(5,18(20)22)17-10-8-16(9-11-17)14-15(3)4/h8-11,15H,6-7,12-14H2,1-5H3,(H2,20,22). The Morgan fingerprint density at radius 3 is 2.14 bits per heavy atom. The molecule has 0 aliphatic heterocycles. The van der Waals surface area contributed by atoms with Crippen LogP contribution in [0.15, 0.2) is 24.3 Å². The molecule has 0 aromatic heterocycles. The molecule has 0 aliphatic carbocycles. The number of benzene rings is 1. The first-order valence-electron chi connectivity index (χ1n) is 8.45. The van der Waals surface area contributed by atoms with Crippen molar-refractivity contribution < 1.29 is 4.79 Å². The molecule has 3 heteroatoms. The molecule has 0 spiro atoms. The van der Waals surface area contributed by atoms with Gasteiger partial charge in [-0.15, -0.1) is 0 Å². The summed E-state index contributed by atoms with van der Waals surface area (Å²) in [7, 11) is 0. The first-order valence-corrected chi connectivity index (χ1v) is 8.45. The van der Waals surface area contributed by atoms with Crippen molar-refractivity contribution in [3.63, 3.8) is 0 Å². The quantitative estimate of drug-likeness (QED) is 0.760. The number of carbonyl (C=O) groups is 1. The molecule has 3 nitrogen and oxygen atoms in total. The molecule has 1 atom stereocenters. The molecule has 1 aromatic rings. The second-order valence-corrected chi connectivity index (χ2v) is 6.77. The van der Waals surface area contributed by atoms with Crippen molar-refractivity contribution in [3.8, 4) is 0 Å². The lowest BCUT2D eigenvalue weighted by Crippen LogP contribution is -2.41. The molecule has 1 amide bonds. The predicted octanol–water partition coefficient (Wildman–Crippen LogP) is 3.36. The Balaban J connectivity index is 2.91. The van der Waals surface area contributed by atoms with Gasteiger partial charge in [0.2, 0.25) is 5.91 Å². The van der Waals surface area contributed by atoms with Crippen LogP contribution < -0.4 is 5.73 Å². The average Bonchev–Trinajstić information content (AvgIpc) is 2.48. The lowest BCUT2D eigenvalue weighted by atomic mass is 9.78. The van der Waals surface area contributed by atoms with E-state index in [9.17, 15) is 4.79 Å². The largest absolute Gasteiger partial charge is 0.369 e. The van der Waals surface area contributed by atoms with Crippen LogP contribution in [-0.4, -0.2) is 30.4 Å². The molecule has 22 heavy (non-hydrogen) atoms. The van der Waals surface area contributed by atoms with Gasteiger partial charge in [-0.3, -0.25) is 4.79 Å². The number of hydrogen-bond donors (Lipinski definition) is 1. The molecular weight excluding hydrogens is 272 g/mol. The van der Waals surface area contributed by atoms with Gasteiger partial charge in [0, 0.05) is 0 Å². The summed E-state index contributed by atoms with van der Waals surface area (Å²) in [5.41, 5.74) is 7.48. The average molecular weight is 304 g/mol. The van der Waals surface area contributed by atoms with E-state index in [0.29, 0.717) is 5.92 Å². The van der Waals surface area contributed by atoms with Crippen LogP contribution in [-0.2, 0) is 16.6 Å². The van der Waals surface area contributed by atoms with E-state index in [0.717, 1.165) is 38.0 Å². The molecule has 124 valence electrons. The molecule has 1 aromatic carbocycles. The third-order valence-electron chi connectivity index (χ3n) is 4.60. The van der Waals surface area contributed by atoms with Crippen molar-refractivity contribution >= 4 is 5.91 Å². The summed E-state index contributed by atoms with van der Waals surface area (Å²) in [6, 6.07) is 8.41. The van der Waals surface area contributed by atoms with E-state index in [1.807, 2.05) is 6.92 Å². The van der Waals surface area contributed by atoms with Crippen LogP contribution in [0.25, 0.3) is 0 Å². The second-order valence-electron chi connectivity index (χ2n) is 6.77. The lowest BCUT2D eigenvalue weighted by molar-refractivity contribution is -0.123. The van der Waals surface area contributed by atoms with E-state index in [1.165, 1.54) is 5.56 Å². The SMILES string of the molecule is CCN(CC)CCC(C)(C(N)=O)c1ccc(CC(C)C)cc1. The molecule has 1 rings (SSSR count). The Morgan fingerprint density at radius 1 is 1.18 bits per heavy atom. The maximum Gasteiger partial charge on any atom is 0.227 e. The fourth-order valence-corrected chi connectivity index (χ4v) is 2.81. The molecule has 0 bridgehead atoms. The lowest BCUT2D eigenvalue weighted by Gasteiger charge is -2.30. The van der Waals surface area contributed by atoms with E-state index in [2.05, 4.69) is 56.9 Å². The van der Waals surface area contributed by atoms with Gasteiger partial charge in [-0.25, -0.2) is 0 Å². The number of primary amides is 1. The molecule has 0 radical (unpaired) electrons. The molecule has 0 saturated heterocycles. The van der Waals surface area contributed by atoms with E-state index in [-0.39, 0.29) is 5.91 Å². The Hall–Kier alpha value is -1.35. The molecule has 0 aliphatic rings. The Bertz CT molecular complexity index is 463. The summed E-state index contributed by atoms with van der Waals surface area (Å²) in [4.78, 5) is 14.4.